The first-order valence-electron chi connectivity index (χ1n) is 14.6. The number of Topliss-reactive ketones (excluding diaryl/α,β-unsaturated/α-hetero) is 1. The predicted octanol–water partition coefficient (Wildman–Crippen LogP) is 7.66. The lowest BCUT2D eigenvalue weighted by Gasteiger charge is -2.37. The first-order valence-corrected chi connectivity index (χ1v) is 14.6. The van der Waals surface area contributed by atoms with Gasteiger partial charge in [0.2, 0.25) is 0 Å². The molecule has 1 N–H and O–H groups in total. The van der Waals surface area contributed by atoms with Gasteiger partial charge < -0.3 is 10.2 Å². The Bertz CT molecular complexity index is 1230. The Hall–Kier alpha value is -3.07. The highest BCUT2D eigenvalue weighted by Gasteiger charge is 2.47. The van der Waals surface area contributed by atoms with Crippen molar-refractivity contribution in [1.82, 2.24) is 10.2 Å². The molecule has 2 aromatic rings. The van der Waals surface area contributed by atoms with Crippen molar-refractivity contribution in [3.63, 3.8) is 0 Å². The van der Waals surface area contributed by atoms with Gasteiger partial charge in [0.1, 0.15) is 5.70 Å². The number of nitrogens with one attached hydrogen (secondary N) is 1. The maximum atomic E-state index is 14.3. The summed E-state index contributed by atoms with van der Waals surface area (Å²) in [7, 11) is 0. The summed E-state index contributed by atoms with van der Waals surface area (Å²) >= 11 is 0. The van der Waals surface area contributed by atoms with Crippen molar-refractivity contribution >= 4 is 5.78 Å². The number of hydrogen-bond donors (Lipinski definition) is 1. The van der Waals surface area contributed by atoms with E-state index in [1.807, 2.05) is 0 Å². The monoisotopic (exact) mass is 508 g/mol. The molecule has 0 radical (unpaired) electrons. The summed E-state index contributed by atoms with van der Waals surface area (Å²) in [5, 5.41) is 3.89. The first kappa shape index (κ1) is 26.5. The highest BCUT2D eigenvalue weighted by Crippen LogP contribution is 2.47. The lowest BCUT2D eigenvalue weighted by Crippen LogP contribution is -2.42. The largest absolute Gasteiger partial charge is 0.366 e. The van der Waals surface area contributed by atoms with E-state index in [2.05, 4.69) is 105 Å². The topological polar surface area (TPSA) is 32.3 Å². The third-order valence-corrected chi connectivity index (χ3v) is 9.25. The molecular formula is C35H44N2O. The SMILES string of the molecule is C=C1C(C)C2=C(C(=O)C1Cc1ccc(C)cc1)N(Cc1ccc(CC)cc1)C(CC1(CCC)CC=CC1)N2. The molecular weight excluding hydrogens is 464 g/mol. The molecule has 3 nitrogen and oxygen atoms in total. The summed E-state index contributed by atoms with van der Waals surface area (Å²) in [6.07, 6.45) is 12.3. The fourth-order valence-electron chi connectivity index (χ4n) is 6.84. The number of hydrogen-bond acceptors (Lipinski definition) is 3. The van der Waals surface area contributed by atoms with Crippen LogP contribution in [0.4, 0.5) is 0 Å². The fourth-order valence-corrected chi connectivity index (χ4v) is 6.84. The minimum Gasteiger partial charge on any atom is -0.366 e. The lowest BCUT2D eigenvalue weighted by atomic mass is 9.75. The van der Waals surface area contributed by atoms with Crippen LogP contribution in [-0.4, -0.2) is 16.8 Å². The van der Waals surface area contributed by atoms with Crippen LogP contribution in [0.2, 0.25) is 0 Å². The highest BCUT2D eigenvalue weighted by molar-refractivity contribution is 6.01. The van der Waals surface area contributed by atoms with E-state index in [1.54, 1.807) is 0 Å². The average Bonchev–Trinajstić information content (AvgIpc) is 3.52. The second kappa shape index (κ2) is 11.0. The van der Waals surface area contributed by atoms with E-state index in [1.165, 1.54) is 35.1 Å². The van der Waals surface area contributed by atoms with Gasteiger partial charge in [-0.05, 0) is 67.6 Å². The molecule has 2 aliphatic carbocycles. The molecule has 5 rings (SSSR count). The van der Waals surface area contributed by atoms with Gasteiger partial charge in [-0.1, -0.05) is 106 Å². The molecule has 200 valence electrons. The lowest BCUT2D eigenvalue weighted by molar-refractivity contribution is -0.120. The summed E-state index contributed by atoms with van der Waals surface area (Å²) in [4.78, 5) is 16.7. The van der Waals surface area contributed by atoms with Crippen LogP contribution >= 0.6 is 0 Å². The Morgan fingerprint density at radius 3 is 2.24 bits per heavy atom. The van der Waals surface area contributed by atoms with Crippen molar-refractivity contribution in [2.75, 3.05) is 0 Å². The Morgan fingerprint density at radius 2 is 1.61 bits per heavy atom. The van der Waals surface area contributed by atoms with Gasteiger partial charge >= 0.3 is 0 Å². The zero-order valence-electron chi connectivity index (χ0n) is 23.7. The summed E-state index contributed by atoms with van der Waals surface area (Å²) in [5.74, 6) is 0.185. The fraction of sp³-hybridized carbons (Fsp3) is 0.457. The number of carbonyl (C=O) groups excluding carboxylic acids is 1. The third kappa shape index (κ3) is 5.13. The summed E-state index contributed by atoms with van der Waals surface area (Å²) in [5.41, 5.74) is 8.37. The smallest absolute Gasteiger partial charge is 0.188 e. The molecule has 1 aliphatic heterocycles. The Balaban J connectivity index is 1.48. The van der Waals surface area contributed by atoms with E-state index in [0.29, 0.717) is 6.42 Å². The standard InChI is InChI=1S/C35H44N2O/c1-6-18-35(19-8-9-20-35)22-31-36-32-26(5)25(4)30(21-28-12-10-24(3)11-13-28)34(38)33(32)37(31)23-29-16-14-27(7-2)15-17-29/h8-17,26,30-31,36H,4,6-7,18-23H2,1-3,5H3. The van der Waals surface area contributed by atoms with Gasteiger partial charge in [0.15, 0.2) is 5.78 Å². The molecule has 0 bridgehead atoms. The van der Waals surface area contributed by atoms with Crippen molar-refractivity contribution in [3.05, 3.63) is 106 Å². The van der Waals surface area contributed by atoms with E-state index in [4.69, 9.17) is 0 Å². The van der Waals surface area contributed by atoms with Crippen LogP contribution in [0.25, 0.3) is 0 Å². The molecule has 2 aromatic carbocycles. The predicted molar refractivity (Wildman–Crippen MR) is 157 cm³/mol. The van der Waals surface area contributed by atoms with Gasteiger partial charge in [0.05, 0.1) is 6.17 Å². The van der Waals surface area contributed by atoms with Crippen LogP contribution in [0.5, 0.6) is 0 Å². The van der Waals surface area contributed by atoms with Crippen molar-refractivity contribution in [2.24, 2.45) is 17.3 Å². The summed E-state index contributed by atoms with van der Waals surface area (Å²) in [6, 6.07) is 17.6. The molecule has 1 heterocycles. The Morgan fingerprint density at radius 1 is 0.974 bits per heavy atom. The molecule has 3 unspecified atom stereocenters. The van der Waals surface area contributed by atoms with Crippen molar-refractivity contribution < 1.29 is 4.79 Å². The zero-order chi connectivity index (χ0) is 26.9. The molecule has 0 aromatic heterocycles. The van der Waals surface area contributed by atoms with E-state index >= 15 is 0 Å². The number of carbonyl (C=O) groups is 1. The van der Waals surface area contributed by atoms with Gasteiger partial charge in [-0.15, -0.1) is 0 Å². The number of nitrogens with zero attached hydrogens (tertiary/aromatic N) is 1. The zero-order valence-corrected chi connectivity index (χ0v) is 23.7. The van der Waals surface area contributed by atoms with Gasteiger partial charge in [0, 0.05) is 24.1 Å². The molecule has 3 heteroatoms. The van der Waals surface area contributed by atoms with Crippen molar-refractivity contribution in [3.8, 4) is 0 Å². The maximum Gasteiger partial charge on any atom is 0.188 e. The summed E-state index contributed by atoms with van der Waals surface area (Å²) in [6.45, 7) is 14.0. The molecule has 0 saturated heterocycles. The molecule has 38 heavy (non-hydrogen) atoms. The molecule has 0 fully saturated rings. The number of ketones is 1. The van der Waals surface area contributed by atoms with Crippen LogP contribution in [0.3, 0.4) is 0 Å². The molecule has 0 saturated carbocycles. The minimum atomic E-state index is -0.185. The van der Waals surface area contributed by atoms with Crippen LogP contribution in [0.1, 0.15) is 75.1 Å². The van der Waals surface area contributed by atoms with Gasteiger partial charge in [-0.2, -0.15) is 0 Å². The quantitative estimate of drug-likeness (QED) is 0.353. The van der Waals surface area contributed by atoms with E-state index in [9.17, 15) is 4.79 Å². The number of allylic oxidation sites excluding steroid dienone is 4. The normalized spacial score (nSPS) is 24.2. The van der Waals surface area contributed by atoms with Crippen LogP contribution in [-0.2, 0) is 24.2 Å². The number of aryl methyl sites for hydroxylation is 2. The average molecular weight is 509 g/mol. The maximum absolute atomic E-state index is 14.3. The van der Waals surface area contributed by atoms with Crippen LogP contribution < -0.4 is 5.32 Å². The van der Waals surface area contributed by atoms with E-state index < -0.39 is 0 Å². The number of rotatable bonds is 9. The second-order valence-corrected chi connectivity index (χ2v) is 12.0. The van der Waals surface area contributed by atoms with E-state index in [0.717, 1.165) is 49.2 Å². The first-order chi connectivity index (χ1) is 18.3. The van der Waals surface area contributed by atoms with Gasteiger partial charge in [-0.25, -0.2) is 0 Å². The van der Waals surface area contributed by atoms with Gasteiger partial charge in [-0.3, -0.25) is 4.79 Å². The molecule has 3 aliphatic rings. The van der Waals surface area contributed by atoms with Gasteiger partial charge in [0.25, 0.3) is 0 Å². The second-order valence-electron chi connectivity index (χ2n) is 12.0. The Kier molecular flexibility index (Phi) is 7.66. The van der Waals surface area contributed by atoms with Crippen LogP contribution in [0.15, 0.2) is 84.2 Å². The molecule has 0 amide bonds. The van der Waals surface area contributed by atoms with Crippen molar-refractivity contribution in [2.45, 2.75) is 85.4 Å². The number of benzene rings is 2. The Labute approximate surface area is 229 Å². The third-order valence-electron chi connectivity index (χ3n) is 9.25. The highest BCUT2D eigenvalue weighted by atomic mass is 16.1. The summed E-state index contributed by atoms with van der Waals surface area (Å²) < 4.78 is 0. The van der Waals surface area contributed by atoms with Crippen LogP contribution in [0, 0.1) is 24.2 Å². The molecule has 3 atom stereocenters. The molecule has 0 spiro atoms. The van der Waals surface area contributed by atoms with Crippen molar-refractivity contribution in [1.29, 1.82) is 0 Å². The van der Waals surface area contributed by atoms with E-state index in [-0.39, 0.29) is 29.2 Å². The minimum absolute atomic E-state index is 0.120.